The first kappa shape index (κ1) is 15.9. The molecule has 1 aromatic carbocycles. The Bertz CT molecular complexity index is 750. The summed E-state index contributed by atoms with van der Waals surface area (Å²) in [6, 6.07) is 8.39. The molecule has 1 heterocycles. The molecule has 1 unspecified atom stereocenters. The molecule has 22 heavy (non-hydrogen) atoms. The van der Waals surface area contributed by atoms with Gasteiger partial charge in [0.05, 0.1) is 12.8 Å². The van der Waals surface area contributed by atoms with Crippen molar-refractivity contribution >= 4 is 5.97 Å². The van der Waals surface area contributed by atoms with Crippen LogP contribution < -0.4 is 5.56 Å². The molecule has 0 bridgehead atoms. The van der Waals surface area contributed by atoms with Crippen molar-refractivity contribution in [1.29, 1.82) is 0 Å². The zero-order valence-electron chi connectivity index (χ0n) is 13.3. The highest BCUT2D eigenvalue weighted by Crippen LogP contribution is 2.20. The van der Waals surface area contributed by atoms with E-state index in [4.69, 9.17) is 4.74 Å². The van der Waals surface area contributed by atoms with Gasteiger partial charge in [0.1, 0.15) is 0 Å². The van der Waals surface area contributed by atoms with Crippen molar-refractivity contribution in [2.75, 3.05) is 7.11 Å². The molecule has 0 amide bonds. The highest BCUT2D eigenvalue weighted by atomic mass is 16.5. The SMILES string of the molecule is CCC(C(=O)OC)n1nc(-c2ccc(C)c(C)c2)ccc1=O. The monoisotopic (exact) mass is 300 g/mol. The third-order valence-corrected chi connectivity index (χ3v) is 3.78. The van der Waals surface area contributed by atoms with Gasteiger partial charge in [0.15, 0.2) is 6.04 Å². The Balaban J connectivity index is 2.52. The molecule has 0 saturated heterocycles. The summed E-state index contributed by atoms with van der Waals surface area (Å²) in [4.78, 5) is 23.9. The van der Waals surface area contributed by atoms with E-state index in [1.54, 1.807) is 6.07 Å². The number of rotatable bonds is 4. The maximum absolute atomic E-state index is 12.0. The van der Waals surface area contributed by atoms with E-state index in [1.807, 2.05) is 39.0 Å². The van der Waals surface area contributed by atoms with Crippen LogP contribution in [0.4, 0.5) is 0 Å². The van der Waals surface area contributed by atoms with Crippen LogP contribution >= 0.6 is 0 Å². The van der Waals surface area contributed by atoms with E-state index in [1.165, 1.54) is 23.4 Å². The van der Waals surface area contributed by atoms with Gasteiger partial charge in [0.2, 0.25) is 0 Å². The summed E-state index contributed by atoms with van der Waals surface area (Å²) in [5.74, 6) is -0.464. The molecule has 0 saturated carbocycles. The number of aryl methyl sites for hydroxylation is 2. The molecule has 0 fully saturated rings. The Morgan fingerprint density at radius 1 is 1.23 bits per heavy atom. The summed E-state index contributed by atoms with van der Waals surface area (Å²) in [5, 5.41) is 4.36. The average Bonchev–Trinajstić information content (AvgIpc) is 2.52. The molecular formula is C17H20N2O3. The fourth-order valence-electron chi connectivity index (χ4n) is 2.28. The number of benzene rings is 1. The topological polar surface area (TPSA) is 61.2 Å². The van der Waals surface area contributed by atoms with Crippen LogP contribution in [0, 0.1) is 13.8 Å². The Morgan fingerprint density at radius 3 is 2.55 bits per heavy atom. The van der Waals surface area contributed by atoms with Gasteiger partial charge >= 0.3 is 5.97 Å². The number of nitrogens with zero attached hydrogens (tertiary/aromatic N) is 2. The van der Waals surface area contributed by atoms with Crippen LogP contribution in [0.15, 0.2) is 35.1 Å². The maximum atomic E-state index is 12.0. The number of carbonyl (C=O) groups excluding carboxylic acids is 1. The Morgan fingerprint density at radius 2 is 1.95 bits per heavy atom. The molecule has 0 aliphatic rings. The predicted molar refractivity (Wildman–Crippen MR) is 84.8 cm³/mol. The van der Waals surface area contributed by atoms with Gasteiger partial charge in [-0.1, -0.05) is 19.1 Å². The summed E-state index contributed by atoms with van der Waals surface area (Å²) in [5.41, 5.74) is 3.60. The first-order valence-electron chi connectivity index (χ1n) is 7.23. The van der Waals surface area contributed by atoms with Crippen LogP contribution in [0.25, 0.3) is 11.3 Å². The van der Waals surface area contributed by atoms with E-state index >= 15 is 0 Å². The van der Waals surface area contributed by atoms with Crippen molar-refractivity contribution in [2.45, 2.75) is 33.2 Å². The third kappa shape index (κ3) is 3.08. The lowest BCUT2D eigenvalue weighted by molar-refractivity contribution is -0.145. The molecule has 0 aliphatic carbocycles. The van der Waals surface area contributed by atoms with Crippen molar-refractivity contribution in [1.82, 2.24) is 9.78 Å². The van der Waals surface area contributed by atoms with Crippen molar-refractivity contribution in [3.8, 4) is 11.3 Å². The van der Waals surface area contributed by atoms with Crippen LogP contribution in [0.2, 0.25) is 0 Å². The number of methoxy groups -OCH3 is 1. The fourth-order valence-corrected chi connectivity index (χ4v) is 2.28. The lowest BCUT2D eigenvalue weighted by Gasteiger charge is -2.15. The number of esters is 1. The van der Waals surface area contributed by atoms with E-state index in [2.05, 4.69) is 5.10 Å². The molecule has 1 atom stereocenters. The van der Waals surface area contributed by atoms with Crippen molar-refractivity contribution < 1.29 is 9.53 Å². The standard InChI is InChI=1S/C17H20N2O3/c1-5-15(17(21)22-4)19-16(20)9-8-14(18-19)13-7-6-11(2)12(3)10-13/h6-10,15H,5H2,1-4H3. The summed E-state index contributed by atoms with van der Waals surface area (Å²) >= 11 is 0. The smallest absolute Gasteiger partial charge is 0.330 e. The van der Waals surface area contributed by atoms with Gasteiger partial charge in [-0.05, 0) is 43.5 Å². The third-order valence-electron chi connectivity index (χ3n) is 3.78. The second kappa shape index (κ2) is 6.56. The summed E-state index contributed by atoms with van der Waals surface area (Å²) in [6.07, 6.45) is 0.440. The highest BCUT2D eigenvalue weighted by molar-refractivity contribution is 5.74. The molecule has 5 heteroatoms. The van der Waals surface area contributed by atoms with E-state index in [0.717, 1.165) is 11.1 Å². The van der Waals surface area contributed by atoms with Crippen molar-refractivity contribution in [3.05, 3.63) is 51.8 Å². The molecule has 116 valence electrons. The van der Waals surface area contributed by atoms with Crippen LogP contribution in [0.5, 0.6) is 0 Å². The van der Waals surface area contributed by atoms with Crippen LogP contribution in [-0.4, -0.2) is 22.9 Å². The summed E-state index contributed by atoms with van der Waals surface area (Å²) in [6.45, 7) is 5.88. The second-order valence-electron chi connectivity index (χ2n) is 5.25. The Kier molecular flexibility index (Phi) is 4.75. The second-order valence-corrected chi connectivity index (χ2v) is 5.25. The van der Waals surface area contributed by atoms with Crippen LogP contribution in [-0.2, 0) is 9.53 Å². The first-order chi connectivity index (χ1) is 10.5. The van der Waals surface area contributed by atoms with E-state index < -0.39 is 12.0 Å². The largest absolute Gasteiger partial charge is 0.467 e. The van der Waals surface area contributed by atoms with E-state index in [9.17, 15) is 9.59 Å². The molecule has 0 radical (unpaired) electrons. The molecule has 0 aliphatic heterocycles. The number of carbonyl (C=O) groups is 1. The lowest BCUT2D eigenvalue weighted by atomic mass is 10.0. The maximum Gasteiger partial charge on any atom is 0.330 e. The molecule has 2 aromatic rings. The normalized spacial score (nSPS) is 12.0. The molecule has 2 rings (SSSR count). The lowest BCUT2D eigenvalue weighted by Crippen LogP contribution is -2.32. The van der Waals surface area contributed by atoms with Crippen LogP contribution in [0.3, 0.4) is 0 Å². The van der Waals surface area contributed by atoms with Crippen LogP contribution in [0.1, 0.15) is 30.5 Å². The highest BCUT2D eigenvalue weighted by Gasteiger charge is 2.21. The summed E-state index contributed by atoms with van der Waals surface area (Å²) < 4.78 is 5.96. The summed E-state index contributed by atoms with van der Waals surface area (Å²) in [7, 11) is 1.31. The van der Waals surface area contributed by atoms with Gasteiger partial charge in [-0.15, -0.1) is 0 Å². The quantitative estimate of drug-likeness (QED) is 0.814. The van der Waals surface area contributed by atoms with E-state index in [0.29, 0.717) is 12.1 Å². The van der Waals surface area contributed by atoms with E-state index in [-0.39, 0.29) is 5.56 Å². The molecular weight excluding hydrogens is 280 g/mol. The molecule has 0 spiro atoms. The molecule has 1 aromatic heterocycles. The van der Waals surface area contributed by atoms with Gasteiger partial charge in [0, 0.05) is 11.6 Å². The molecule has 5 nitrogen and oxygen atoms in total. The number of aromatic nitrogens is 2. The predicted octanol–water partition coefficient (Wildman–Crippen LogP) is 2.65. The minimum absolute atomic E-state index is 0.315. The number of hydrogen-bond donors (Lipinski definition) is 0. The first-order valence-corrected chi connectivity index (χ1v) is 7.23. The van der Waals surface area contributed by atoms with Gasteiger partial charge in [-0.3, -0.25) is 4.79 Å². The minimum Gasteiger partial charge on any atom is -0.467 e. The van der Waals surface area contributed by atoms with Gasteiger partial charge in [0.25, 0.3) is 5.56 Å². The van der Waals surface area contributed by atoms with Crippen molar-refractivity contribution in [2.24, 2.45) is 0 Å². The zero-order valence-corrected chi connectivity index (χ0v) is 13.3. The Labute approximate surface area is 129 Å². The number of ether oxygens (including phenoxy) is 1. The van der Waals surface area contributed by atoms with Gasteiger partial charge < -0.3 is 4.74 Å². The zero-order chi connectivity index (χ0) is 16.3. The Hall–Kier alpha value is -2.43. The van der Waals surface area contributed by atoms with Gasteiger partial charge in [-0.25, -0.2) is 9.48 Å². The van der Waals surface area contributed by atoms with Crippen molar-refractivity contribution in [3.63, 3.8) is 0 Å². The minimum atomic E-state index is -0.705. The fraction of sp³-hybridized carbons (Fsp3) is 0.353. The van der Waals surface area contributed by atoms with Gasteiger partial charge in [-0.2, -0.15) is 5.10 Å². The molecule has 0 N–H and O–H groups in total. The average molecular weight is 300 g/mol. The number of hydrogen-bond acceptors (Lipinski definition) is 4.